The number of halogens is 2. The highest BCUT2D eigenvalue weighted by Gasteiger charge is 2.25. The normalized spacial score (nSPS) is 11.8. The maximum absolute atomic E-state index is 6.76. The second-order valence-electron chi connectivity index (χ2n) is 8.45. The molecule has 0 aliphatic rings. The lowest BCUT2D eigenvalue weighted by Gasteiger charge is -2.28. The zero-order valence-corrected chi connectivity index (χ0v) is 20.4. The summed E-state index contributed by atoms with van der Waals surface area (Å²) in [6.07, 6.45) is 5.75. The van der Waals surface area contributed by atoms with Crippen LogP contribution in [0.5, 0.6) is 0 Å². The molecular weight excluding hydrogens is 427 g/mol. The topological polar surface area (TPSA) is 38.1 Å². The zero-order valence-electron chi connectivity index (χ0n) is 18.9. The van der Waals surface area contributed by atoms with Gasteiger partial charge in [-0.1, -0.05) is 62.7 Å². The van der Waals surface area contributed by atoms with E-state index in [2.05, 4.69) is 67.5 Å². The Labute approximate surface area is 196 Å². The maximum Gasteiger partial charge on any atom is 0.208 e. The molecule has 1 aromatic heterocycles. The summed E-state index contributed by atoms with van der Waals surface area (Å²) in [4.78, 5) is 4.54. The van der Waals surface area contributed by atoms with Crippen LogP contribution in [0.25, 0.3) is 11.3 Å². The van der Waals surface area contributed by atoms with Crippen molar-refractivity contribution in [2.24, 2.45) is 0 Å². The molecule has 5 heteroatoms. The minimum absolute atomic E-state index is 0.165. The highest BCUT2D eigenvalue weighted by Crippen LogP contribution is 2.36. The van der Waals surface area contributed by atoms with Gasteiger partial charge >= 0.3 is 0 Å². The van der Waals surface area contributed by atoms with E-state index in [1.54, 1.807) is 6.26 Å². The summed E-state index contributed by atoms with van der Waals surface area (Å²) in [5.41, 5.74) is 6.82. The molecule has 0 amide bonds. The zero-order chi connectivity index (χ0) is 22.4. The fraction of sp³-hybridized carbons (Fsp3) is 0.423. The van der Waals surface area contributed by atoms with Gasteiger partial charge in [0, 0.05) is 21.9 Å². The van der Waals surface area contributed by atoms with Crippen molar-refractivity contribution < 1.29 is 4.42 Å². The van der Waals surface area contributed by atoms with Gasteiger partial charge in [-0.2, -0.15) is 0 Å². The maximum atomic E-state index is 6.76. The molecule has 1 heterocycles. The first-order valence-electron chi connectivity index (χ1n) is 11.0. The van der Waals surface area contributed by atoms with Crippen LogP contribution < -0.4 is 5.32 Å². The predicted molar refractivity (Wildman–Crippen MR) is 131 cm³/mol. The second kappa shape index (κ2) is 10.7. The third-order valence-electron chi connectivity index (χ3n) is 5.98. The van der Waals surface area contributed by atoms with Gasteiger partial charge in [-0.3, -0.25) is 0 Å². The molecule has 1 N–H and O–H groups in total. The molecule has 0 saturated heterocycles. The first-order valence-corrected chi connectivity index (χ1v) is 11.9. The number of hydrogen-bond acceptors (Lipinski definition) is 3. The second-order valence-corrected chi connectivity index (χ2v) is 9.24. The number of rotatable bonds is 10. The van der Waals surface area contributed by atoms with E-state index in [9.17, 15) is 0 Å². The van der Waals surface area contributed by atoms with E-state index in [-0.39, 0.29) is 5.41 Å². The Morgan fingerprint density at radius 3 is 2.45 bits per heavy atom. The number of nitrogens with one attached hydrogen (secondary N) is 1. The highest BCUT2D eigenvalue weighted by molar-refractivity contribution is 6.31. The molecular formula is C26H32Cl2N2O. The van der Waals surface area contributed by atoms with Gasteiger partial charge in [-0.15, -0.1) is 11.6 Å². The van der Waals surface area contributed by atoms with Crippen molar-refractivity contribution >= 4 is 23.2 Å². The fourth-order valence-electron chi connectivity index (χ4n) is 3.95. The van der Waals surface area contributed by atoms with Gasteiger partial charge < -0.3 is 9.73 Å². The number of alkyl halides is 1. The molecule has 3 nitrogen and oxygen atoms in total. The quantitative estimate of drug-likeness (QED) is 0.258. The molecule has 3 aromatic rings. The third kappa shape index (κ3) is 5.52. The molecule has 2 aromatic carbocycles. The molecule has 0 atom stereocenters. The van der Waals surface area contributed by atoms with Crippen molar-refractivity contribution in [3.05, 3.63) is 75.8 Å². The van der Waals surface area contributed by atoms with Crippen molar-refractivity contribution in [2.45, 2.75) is 58.4 Å². The van der Waals surface area contributed by atoms with Crippen LogP contribution in [-0.4, -0.2) is 17.9 Å². The SMILES string of the molecule is CCc1cc(C(C)(C)c2ccc(-c3coc(CNC)n3)cc2)cc(Cl)c1CCCCCl. The smallest absolute Gasteiger partial charge is 0.208 e. The van der Waals surface area contributed by atoms with Crippen molar-refractivity contribution in [3.63, 3.8) is 0 Å². The minimum Gasteiger partial charge on any atom is -0.447 e. The summed E-state index contributed by atoms with van der Waals surface area (Å²) in [5.74, 6) is 1.39. The van der Waals surface area contributed by atoms with Crippen LogP contribution in [0.3, 0.4) is 0 Å². The summed E-state index contributed by atoms with van der Waals surface area (Å²) >= 11 is 12.6. The lowest BCUT2D eigenvalue weighted by atomic mass is 9.76. The summed E-state index contributed by atoms with van der Waals surface area (Å²) in [7, 11) is 1.88. The Kier molecular flexibility index (Phi) is 8.21. The fourth-order valence-corrected chi connectivity index (χ4v) is 4.47. The van der Waals surface area contributed by atoms with E-state index in [0.717, 1.165) is 42.0 Å². The average molecular weight is 459 g/mol. The van der Waals surface area contributed by atoms with Gasteiger partial charge in [0.15, 0.2) is 0 Å². The molecule has 0 spiro atoms. The lowest BCUT2D eigenvalue weighted by Crippen LogP contribution is -2.19. The van der Waals surface area contributed by atoms with Crippen LogP contribution in [0.4, 0.5) is 0 Å². The van der Waals surface area contributed by atoms with Gasteiger partial charge in [-0.25, -0.2) is 4.98 Å². The molecule has 3 rings (SSSR count). The lowest BCUT2D eigenvalue weighted by molar-refractivity contribution is 0.480. The van der Waals surface area contributed by atoms with E-state index < -0.39 is 0 Å². The van der Waals surface area contributed by atoms with E-state index in [1.165, 1.54) is 22.3 Å². The summed E-state index contributed by atoms with van der Waals surface area (Å²) < 4.78 is 5.52. The first kappa shape index (κ1) is 23.8. The first-order chi connectivity index (χ1) is 14.9. The molecule has 0 aliphatic carbocycles. The van der Waals surface area contributed by atoms with E-state index in [0.29, 0.717) is 18.3 Å². The monoisotopic (exact) mass is 458 g/mol. The molecule has 31 heavy (non-hydrogen) atoms. The van der Waals surface area contributed by atoms with E-state index >= 15 is 0 Å². The van der Waals surface area contributed by atoms with Crippen LogP contribution in [0, 0.1) is 0 Å². The Morgan fingerprint density at radius 2 is 1.81 bits per heavy atom. The van der Waals surface area contributed by atoms with Gasteiger partial charge in [0.25, 0.3) is 0 Å². The van der Waals surface area contributed by atoms with Crippen LogP contribution in [0.15, 0.2) is 47.1 Å². The molecule has 0 saturated carbocycles. The third-order valence-corrected chi connectivity index (χ3v) is 6.59. The molecule has 0 bridgehead atoms. The molecule has 0 radical (unpaired) electrons. The Bertz CT molecular complexity index is 993. The molecule has 0 aliphatic heterocycles. The van der Waals surface area contributed by atoms with Crippen LogP contribution >= 0.6 is 23.2 Å². The molecule has 0 fully saturated rings. The highest BCUT2D eigenvalue weighted by atomic mass is 35.5. The Morgan fingerprint density at radius 1 is 1.06 bits per heavy atom. The van der Waals surface area contributed by atoms with Crippen LogP contribution in [0.2, 0.25) is 5.02 Å². The van der Waals surface area contributed by atoms with Crippen molar-refractivity contribution in [3.8, 4) is 11.3 Å². The van der Waals surface area contributed by atoms with E-state index in [1.807, 2.05) is 7.05 Å². The van der Waals surface area contributed by atoms with Gasteiger partial charge in [0.2, 0.25) is 5.89 Å². The van der Waals surface area contributed by atoms with Gasteiger partial charge in [0.05, 0.1) is 6.54 Å². The summed E-state index contributed by atoms with van der Waals surface area (Å²) in [5, 5.41) is 3.92. The minimum atomic E-state index is -0.165. The summed E-state index contributed by atoms with van der Waals surface area (Å²) in [6, 6.07) is 13.1. The van der Waals surface area contributed by atoms with Crippen LogP contribution in [0.1, 0.15) is 61.8 Å². The Hall–Kier alpha value is -1.81. The standard InChI is InChI=1S/C26H32Cl2N2O/c1-5-18-14-21(15-23(28)22(18)8-6-7-13-27)26(2,3)20-11-9-19(10-12-20)24-17-31-25(30-24)16-29-4/h9-12,14-15,17,29H,5-8,13,16H2,1-4H3. The number of nitrogens with zero attached hydrogens (tertiary/aromatic N) is 1. The van der Waals surface area contributed by atoms with Gasteiger partial charge in [-0.05, 0) is 61.1 Å². The van der Waals surface area contributed by atoms with Crippen molar-refractivity contribution in [1.82, 2.24) is 10.3 Å². The number of oxazole rings is 1. The van der Waals surface area contributed by atoms with Crippen molar-refractivity contribution in [1.29, 1.82) is 0 Å². The predicted octanol–water partition coefficient (Wildman–Crippen LogP) is 7.16. The Balaban J connectivity index is 1.87. The average Bonchev–Trinajstić information content (AvgIpc) is 3.23. The largest absolute Gasteiger partial charge is 0.447 e. The van der Waals surface area contributed by atoms with E-state index in [4.69, 9.17) is 27.6 Å². The van der Waals surface area contributed by atoms with Crippen LogP contribution in [-0.2, 0) is 24.8 Å². The number of aromatic nitrogens is 1. The molecule has 0 unspecified atom stereocenters. The number of aryl methyl sites for hydroxylation is 1. The number of unbranched alkanes of at least 4 members (excludes halogenated alkanes) is 1. The van der Waals surface area contributed by atoms with Gasteiger partial charge in [0.1, 0.15) is 12.0 Å². The number of hydrogen-bond donors (Lipinski definition) is 1. The summed E-state index contributed by atoms with van der Waals surface area (Å²) in [6.45, 7) is 7.32. The van der Waals surface area contributed by atoms with Crippen molar-refractivity contribution in [2.75, 3.05) is 12.9 Å². The molecule has 166 valence electrons. The number of benzene rings is 2.